The first-order valence-electron chi connectivity index (χ1n) is 8.87. The molecule has 1 aliphatic heterocycles. The van der Waals surface area contributed by atoms with E-state index in [4.69, 9.17) is 5.73 Å². The Bertz CT molecular complexity index is 802. The normalized spacial score (nSPS) is 14.7. The van der Waals surface area contributed by atoms with Crippen LogP contribution in [0.15, 0.2) is 28.3 Å². The van der Waals surface area contributed by atoms with E-state index in [1.807, 2.05) is 6.07 Å². The molecule has 0 unspecified atom stereocenters. The van der Waals surface area contributed by atoms with Crippen LogP contribution in [0.1, 0.15) is 19.8 Å². The summed E-state index contributed by atoms with van der Waals surface area (Å²) in [6.07, 6.45) is 4.03. The molecule has 0 bridgehead atoms. The molecule has 0 aromatic carbocycles. The van der Waals surface area contributed by atoms with Crippen molar-refractivity contribution in [2.45, 2.75) is 24.9 Å². The number of anilines is 3. The molecule has 2 N–H and O–H groups in total. The van der Waals surface area contributed by atoms with Crippen molar-refractivity contribution in [3.05, 3.63) is 28.7 Å². The van der Waals surface area contributed by atoms with Crippen LogP contribution in [0.4, 0.5) is 17.3 Å². The summed E-state index contributed by atoms with van der Waals surface area (Å²) >= 11 is 1.65. The number of aromatic nitrogens is 4. The number of hydrogen-bond donors (Lipinski definition) is 1. The monoisotopic (exact) mass is 375 g/mol. The van der Waals surface area contributed by atoms with Crippen LogP contribution in [0.2, 0.25) is 0 Å². The lowest BCUT2D eigenvalue weighted by Gasteiger charge is -2.36. The number of nitrogens with two attached hydrogens (primary N) is 1. The maximum Gasteiger partial charge on any atom is 0.268 e. The fraction of sp³-hybridized carbons (Fsp3) is 0.529. The molecule has 1 saturated heterocycles. The van der Waals surface area contributed by atoms with Gasteiger partial charge >= 0.3 is 0 Å². The van der Waals surface area contributed by atoms with Gasteiger partial charge in [0.1, 0.15) is 11.6 Å². The molecule has 2 aromatic rings. The molecule has 0 atom stereocenters. The van der Waals surface area contributed by atoms with Crippen molar-refractivity contribution in [2.24, 2.45) is 7.05 Å². The first-order valence-corrected chi connectivity index (χ1v) is 9.86. The molecule has 0 radical (unpaired) electrons. The van der Waals surface area contributed by atoms with E-state index >= 15 is 0 Å². The Balaban J connectivity index is 1.65. The summed E-state index contributed by atoms with van der Waals surface area (Å²) in [5.74, 6) is 2.38. The zero-order valence-electron chi connectivity index (χ0n) is 15.3. The standard InChI is InChI=1S/C17H25N7OS/c1-3-4-9-26-17-20-14(18)11-15(21-17)24-7-5-23(6-8-24)13-10-16(25)22(2)19-12-13/h10-12H,3-9H2,1-2H3,(H2,18,20,21). The summed E-state index contributed by atoms with van der Waals surface area (Å²) in [5, 5.41) is 4.84. The molecule has 1 fully saturated rings. The van der Waals surface area contributed by atoms with E-state index in [9.17, 15) is 4.79 Å². The molecule has 0 saturated carbocycles. The van der Waals surface area contributed by atoms with Gasteiger partial charge in [0, 0.05) is 51.1 Å². The molecular weight excluding hydrogens is 350 g/mol. The highest BCUT2D eigenvalue weighted by atomic mass is 32.2. The fourth-order valence-electron chi connectivity index (χ4n) is 2.79. The van der Waals surface area contributed by atoms with Crippen molar-refractivity contribution >= 4 is 29.1 Å². The average molecular weight is 376 g/mol. The molecule has 3 rings (SSSR count). The van der Waals surface area contributed by atoms with Crippen molar-refractivity contribution in [2.75, 3.05) is 47.5 Å². The smallest absolute Gasteiger partial charge is 0.268 e. The van der Waals surface area contributed by atoms with Gasteiger partial charge in [-0.1, -0.05) is 25.1 Å². The Morgan fingerprint density at radius 1 is 1.15 bits per heavy atom. The summed E-state index contributed by atoms with van der Waals surface area (Å²) in [7, 11) is 1.65. The number of hydrogen-bond acceptors (Lipinski definition) is 8. The number of piperazine rings is 1. The van der Waals surface area contributed by atoms with Crippen molar-refractivity contribution in [3.8, 4) is 0 Å². The van der Waals surface area contributed by atoms with E-state index in [-0.39, 0.29) is 5.56 Å². The van der Waals surface area contributed by atoms with Crippen LogP contribution >= 0.6 is 11.8 Å². The van der Waals surface area contributed by atoms with Gasteiger partial charge in [0.15, 0.2) is 5.16 Å². The van der Waals surface area contributed by atoms with Crippen LogP contribution in [-0.4, -0.2) is 51.7 Å². The molecule has 3 heterocycles. The molecule has 26 heavy (non-hydrogen) atoms. The van der Waals surface area contributed by atoms with E-state index in [0.717, 1.165) is 61.4 Å². The first-order chi connectivity index (χ1) is 12.6. The highest BCUT2D eigenvalue weighted by molar-refractivity contribution is 7.99. The molecule has 8 nitrogen and oxygen atoms in total. The second-order valence-electron chi connectivity index (χ2n) is 6.29. The van der Waals surface area contributed by atoms with Gasteiger partial charge in [0.05, 0.1) is 11.9 Å². The van der Waals surface area contributed by atoms with Crippen molar-refractivity contribution < 1.29 is 0 Å². The van der Waals surface area contributed by atoms with Gasteiger partial charge in [-0.05, 0) is 6.42 Å². The van der Waals surface area contributed by atoms with Gasteiger partial charge in [-0.3, -0.25) is 4.79 Å². The molecule has 140 valence electrons. The maximum atomic E-state index is 11.8. The van der Waals surface area contributed by atoms with Crippen LogP contribution in [0.3, 0.4) is 0 Å². The van der Waals surface area contributed by atoms with E-state index in [1.54, 1.807) is 31.1 Å². The third kappa shape index (κ3) is 4.46. The second-order valence-corrected chi connectivity index (χ2v) is 7.35. The highest BCUT2D eigenvalue weighted by Gasteiger charge is 2.20. The van der Waals surface area contributed by atoms with E-state index in [0.29, 0.717) is 5.82 Å². The first kappa shape index (κ1) is 18.5. The second kappa shape index (κ2) is 8.39. The summed E-state index contributed by atoms with van der Waals surface area (Å²) in [4.78, 5) is 25.2. The Morgan fingerprint density at radius 2 is 1.88 bits per heavy atom. The molecule has 0 spiro atoms. The largest absolute Gasteiger partial charge is 0.383 e. The lowest BCUT2D eigenvalue weighted by Crippen LogP contribution is -2.47. The summed E-state index contributed by atoms with van der Waals surface area (Å²) in [6.45, 7) is 5.40. The number of unbranched alkanes of at least 4 members (excludes halogenated alkanes) is 1. The highest BCUT2D eigenvalue weighted by Crippen LogP contribution is 2.23. The van der Waals surface area contributed by atoms with Crippen LogP contribution in [0, 0.1) is 0 Å². The van der Waals surface area contributed by atoms with Crippen LogP contribution < -0.4 is 21.1 Å². The maximum absolute atomic E-state index is 11.8. The predicted octanol–water partition coefficient (Wildman–Crippen LogP) is 1.37. The SMILES string of the molecule is CCCCSc1nc(N)cc(N2CCN(c3cnn(C)c(=O)c3)CC2)n1. The molecule has 2 aromatic heterocycles. The molecule has 0 amide bonds. The van der Waals surface area contributed by atoms with Gasteiger partial charge in [0.2, 0.25) is 0 Å². The number of nitrogen functional groups attached to an aromatic ring is 1. The minimum Gasteiger partial charge on any atom is -0.383 e. The summed E-state index contributed by atoms with van der Waals surface area (Å²) in [5.41, 5.74) is 6.74. The molecular formula is C17H25N7OS. The number of thioether (sulfide) groups is 1. The van der Waals surface area contributed by atoms with Gasteiger partial charge in [-0.25, -0.2) is 14.6 Å². The summed E-state index contributed by atoms with van der Waals surface area (Å²) in [6, 6.07) is 3.47. The minimum absolute atomic E-state index is 0.0951. The van der Waals surface area contributed by atoms with Gasteiger partial charge in [0.25, 0.3) is 5.56 Å². The topological polar surface area (TPSA) is 93.2 Å². The Kier molecular flexibility index (Phi) is 5.97. The van der Waals surface area contributed by atoms with Gasteiger partial charge in [-0.15, -0.1) is 0 Å². The fourth-order valence-corrected chi connectivity index (χ4v) is 3.73. The van der Waals surface area contributed by atoms with E-state index in [2.05, 4.69) is 31.8 Å². The summed E-state index contributed by atoms with van der Waals surface area (Å²) < 4.78 is 1.33. The number of rotatable bonds is 6. The van der Waals surface area contributed by atoms with E-state index in [1.165, 1.54) is 4.68 Å². The third-order valence-corrected chi connectivity index (χ3v) is 5.30. The molecule has 1 aliphatic rings. The quantitative estimate of drug-likeness (QED) is 0.460. The van der Waals surface area contributed by atoms with Crippen LogP contribution in [0.25, 0.3) is 0 Å². The lowest BCUT2D eigenvalue weighted by atomic mass is 10.3. The number of nitrogens with zero attached hydrogens (tertiary/aromatic N) is 6. The van der Waals surface area contributed by atoms with Crippen molar-refractivity contribution in [3.63, 3.8) is 0 Å². The third-order valence-electron chi connectivity index (χ3n) is 4.36. The molecule has 9 heteroatoms. The number of aryl methyl sites for hydroxylation is 1. The van der Waals surface area contributed by atoms with Gasteiger partial charge < -0.3 is 15.5 Å². The Morgan fingerprint density at radius 3 is 2.58 bits per heavy atom. The zero-order valence-corrected chi connectivity index (χ0v) is 16.1. The van der Waals surface area contributed by atoms with Crippen molar-refractivity contribution in [1.29, 1.82) is 0 Å². The van der Waals surface area contributed by atoms with Crippen LogP contribution in [0.5, 0.6) is 0 Å². The van der Waals surface area contributed by atoms with E-state index < -0.39 is 0 Å². The molecule has 0 aliphatic carbocycles. The van der Waals surface area contributed by atoms with Gasteiger partial charge in [-0.2, -0.15) is 5.10 Å². The predicted molar refractivity (Wildman–Crippen MR) is 106 cm³/mol. The Labute approximate surface area is 157 Å². The average Bonchev–Trinajstić information content (AvgIpc) is 2.64. The Hall–Kier alpha value is -2.29. The minimum atomic E-state index is -0.0951. The van der Waals surface area contributed by atoms with Crippen molar-refractivity contribution in [1.82, 2.24) is 19.7 Å². The zero-order chi connectivity index (χ0) is 18.5. The lowest BCUT2D eigenvalue weighted by molar-refractivity contribution is 0.635. The van der Waals surface area contributed by atoms with Crippen LogP contribution in [-0.2, 0) is 7.05 Å².